The molecule has 0 radical (unpaired) electrons. The average Bonchev–Trinajstić information content (AvgIpc) is 2.58. The third-order valence-electron chi connectivity index (χ3n) is 8.61. The van der Waals surface area contributed by atoms with Gasteiger partial charge in [0.2, 0.25) is 0 Å². The van der Waals surface area contributed by atoms with Crippen LogP contribution in [0.25, 0.3) is 0 Å². The van der Waals surface area contributed by atoms with Gasteiger partial charge in [0.25, 0.3) is 0 Å². The molecule has 8 heteroatoms. The quantitative estimate of drug-likeness (QED) is 0.329. The van der Waals surface area contributed by atoms with E-state index in [1.807, 2.05) is 6.08 Å². The van der Waals surface area contributed by atoms with Crippen LogP contribution >= 0.6 is 0 Å². The molecule has 5 nitrogen and oxygen atoms in total. The largest absolute Gasteiger partial charge is 0.487 e. The molecule has 0 aromatic heterocycles. The van der Waals surface area contributed by atoms with Gasteiger partial charge in [0.15, 0.2) is 25.0 Å². The Kier molecular flexibility index (Phi) is 9.82. The van der Waals surface area contributed by atoms with Crippen LogP contribution in [-0.2, 0) is 18.0 Å². The molecule has 0 aliphatic carbocycles. The van der Waals surface area contributed by atoms with E-state index in [1.54, 1.807) is 6.92 Å². The summed E-state index contributed by atoms with van der Waals surface area (Å²) >= 11 is 0. The molecule has 4 atom stereocenters. The van der Waals surface area contributed by atoms with Crippen molar-refractivity contribution in [3.05, 3.63) is 11.8 Å². The zero-order valence-corrected chi connectivity index (χ0v) is 28.2. The Bertz CT molecular complexity index is 709. The summed E-state index contributed by atoms with van der Waals surface area (Å²) in [6, 6.07) is 0. The Morgan fingerprint density at radius 1 is 0.794 bits per heavy atom. The van der Waals surface area contributed by atoms with Gasteiger partial charge in [-0.05, 0) is 67.4 Å². The third-order valence-corrected chi connectivity index (χ3v) is 22.1. The maximum atomic E-state index is 10.5. The Morgan fingerprint density at radius 3 is 1.59 bits per heavy atom. The van der Waals surface area contributed by atoms with Gasteiger partial charge in [0, 0.05) is 0 Å². The lowest BCUT2D eigenvalue weighted by Crippen LogP contribution is -2.58. The van der Waals surface area contributed by atoms with E-state index < -0.39 is 31.1 Å². The molecule has 202 valence electrons. The molecule has 0 saturated heterocycles. The fourth-order valence-corrected chi connectivity index (χ4v) is 6.47. The first kappa shape index (κ1) is 32.1. The van der Waals surface area contributed by atoms with Gasteiger partial charge < -0.3 is 23.1 Å². The molecule has 0 amide bonds. The highest BCUT2D eigenvalue weighted by Crippen LogP contribution is 2.43. The van der Waals surface area contributed by atoms with Crippen molar-refractivity contribution in [3.63, 3.8) is 0 Å². The van der Waals surface area contributed by atoms with Gasteiger partial charge in [-0.1, -0.05) is 62.3 Å². The Labute approximate surface area is 214 Å². The average molecular weight is 533 g/mol. The zero-order chi connectivity index (χ0) is 27.1. The molecular weight excluding hydrogens is 477 g/mol. The molecule has 0 aromatic rings. The highest BCUT2D eigenvalue weighted by atomic mass is 28.4. The molecule has 0 bridgehead atoms. The molecule has 0 saturated carbocycles. The van der Waals surface area contributed by atoms with Crippen molar-refractivity contribution in [2.45, 2.75) is 148 Å². The monoisotopic (exact) mass is 532 g/mol. The molecule has 0 spiro atoms. The fourth-order valence-electron chi connectivity index (χ4n) is 2.90. The maximum absolute atomic E-state index is 10.5. The number of hydrogen-bond acceptors (Lipinski definition) is 5. The van der Waals surface area contributed by atoms with E-state index in [-0.39, 0.29) is 33.4 Å². The fraction of sp³-hybridized carbons (Fsp3) is 0.923. The molecule has 1 unspecified atom stereocenters. The van der Waals surface area contributed by atoms with Gasteiger partial charge in [-0.2, -0.15) is 0 Å². The second-order valence-corrected chi connectivity index (χ2v) is 29.0. The highest BCUT2D eigenvalue weighted by Gasteiger charge is 2.49. The van der Waals surface area contributed by atoms with E-state index in [4.69, 9.17) is 18.0 Å². The summed E-state index contributed by atoms with van der Waals surface area (Å²) in [5, 5.41) is 10.7. The number of hydrogen-bond donors (Lipinski definition) is 1. The Morgan fingerprint density at radius 2 is 1.21 bits per heavy atom. The summed E-state index contributed by atoms with van der Waals surface area (Å²) in [5.41, 5.74) is 0. The summed E-state index contributed by atoms with van der Waals surface area (Å²) in [6.45, 7) is 36.0. The van der Waals surface area contributed by atoms with Crippen LogP contribution in [0.2, 0.25) is 54.4 Å². The number of aliphatic hydroxyl groups excluding tert-OH is 1. The molecular formula is C26H56O5Si3. The van der Waals surface area contributed by atoms with Gasteiger partial charge in [-0.15, -0.1) is 0 Å². The van der Waals surface area contributed by atoms with Crippen molar-refractivity contribution in [3.8, 4) is 0 Å². The summed E-state index contributed by atoms with van der Waals surface area (Å²) < 4.78 is 27.0. The lowest BCUT2D eigenvalue weighted by molar-refractivity contribution is -0.0903. The van der Waals surface area contributed by atoms with Crippen molar-refractivity contribution >= 4 is 25.0 Å². The predicted octanol–water partition coefficient (Wildman–Crippen LogP) is 7.45. The van der Waals surface area contributed by atoms with E-state index >= 15 is 0 Å². The highest BCUT2D eigenvalue weighted by molar-refractivity contribution is 6.75. The SMILES string of the molecule is CC(O)C1=C[C@@H](O[Si](C)(C)C(C)(C)C)[C@H](O[Si](C)(C)C(C)(C)C)[C@@H](CO[Si](C)(C)C(C)(C)C)O1. The van der Waals surface area contributed by atoms with Gasteiger partial charge >= 0.3 is 0 Å². The Hall–Kier alpha value is 0.0306. The minimum atomic E-state index is -2.14. The predicted molar refractivity (Wildman–Crippen MR) is 152 cm³/mol. The first-order valence-corrected chi connectivity index (χ1v) is 21.6. The Balaban J connectivity index is 3.49. The maximum Gasteiger partial charge on any atom is 0.193 e. The van der Waals surface area contributed by atoms with Gasteiger partial charge in [0.1, 0.15) is 24.1 Å². The van der Waals surface area contributed by atoms with Gasteiger partial charge in [0.05, 0.1) is 12.7 Å². The molecule has 1 aliphatic rings. The van der Waals surface area contributed by atoms with Crippen LogP contribution in [0.1, 0.15) is 69.2 Å². The number of rotatable bonds is 8. The molecule has 0 fully saturated rings. The van der Waals surface area contributed by atoms with Crippen LogP contribution < -0.4 is 0 Å². The van der Waals surface area contributed by atoms with Crippen LogP contribution in [0.15, 0.2) is 11.8 Å². The minimum absolute atomic E-state index is 0.0492. The second kappa shape index (κ2) is 10.4. The molecule has 34 heavy (non-hydrogen) atoms. The van der Waals surface area contributed by atoms with Crippen LogP contribution in [0.4, 0.5) is 0 Å². The lowest BCUT2D eigenvalue weighted by atomic mass is 10.0. The van der Waals surface area contributed by atoms with Gasteiger partial charge in [-0.25, -0.2) is 0 Å². The first-order valence-electron chi connectivity index (χ1n) is 12.9. The van der Waals surface area contributed by atoms with Crippen LogP contribution in [0.5, 0.6) is 0 Å². The normalized spacial score (nSPS) is 24.5. The molecule has 1 rings (SSSR count). The smallest absolute Gasteiger partial charge is 0.193 e. The molecule has 1 heterocycles. The molecule has 0 aromatic carbocycles. The van der Waals surface area contributed by atoms with E-state index in [1.165, 1.54) is 0 Å². The number of aliphatic hydroxyl groups is 1. The summed E-state index contributed by atoms with van der Waals surface area (Å²) in [4.78, 5) is 0. The van der Waals surface area contributed by atoms with Crippen LogP contribution in [0, 0.1) is 0 Å². The van der Waals surface area contributed by atoms with Crippen LogP contribution in [-0.4, -0.2) is 61.1 Å². The second-order valence-electron chi connectivity index (χ2n) is 14.7. The molecule has 1 N–H and O–H groups in total. The van der Waals surface area contributed by atoms with Crippen LogP contribution in [0.3, 0.4) is 0 Å². The number of ether oxygens (including phenoxy) is 1. The van der Waals surface area contributed by atoms with E-state index in [0.29, 0.717) is 12.4 Å². The lowest BCUT2D eigenvalue weighted by Gasteiger charge is -2.48. The summed E-state index contributed by atoms with van der Waals surface area (Å²) in [5.74, 6) is 0.558. The molecule has 1 aliphatic heterocycles. The van der Waals surface area contributed by atoms with Crippen molar-refractivity contribution in [1.29, 1.82) is 0 Å². The van der Waals surface area contributed by atoms with Crippen molar-refractivity contribution in [1.82, 2.24) is 0 Å². The van der Waals surface area contributed by atoms with E-state index in [2.05, 4.69) is 102 Å². The topological polar surface area (TPSA) is 57.2 Å². The van der Waals surface area contributed by atoms with E-state index in [9.17, 15) is 5.11 Å². The van der Waals surface area contributed by atoms with Crippen molar-refractivity contribution in [2.75, 3.05) is 6.61 Å². The first-order chi connectivity index (χ1) is 14.8. The summed E-state index contributed by atoms with van der Waals surface area (Å²) in [6.07, 6.45) is 0.331. The van der Waals surface area contributed by atoms with E-state index in [0.717, 1.165) is 0 Å². The third kappa shape index (κ3) is 7.76. The minimum Gasteiger partial charge on any atom is -0.487 e. The van der Waals surface area contributed by atoms with Crippen molar-refractivity contribution < 1.29 is 23.1 Å². The van der Waals surface area contributed by atoms with Gasteiger partial charge in [-0.3, -0.25) is 0 Å². The standard InChI is InChI=1S/C26H56O5Si3/c1-19(27)20-17-21(30-33(13,14)25(5,6)7)23(31-34(15,16)26(8,9)10)22(29-20)18-28-32(11,12)24(2,3)4/h17,19,21-23,27H,18H2,1-16H3/t19?,21-,22-,23+/m1/s1. The summed E-state index contributed by atoms with van der Waals surface area (Å²) in [7, 11) is -6.26. The zero-order valence-electron chi connectivity index (χ0n) is 25.2. The van der Waals surface area contributed by atoms with Crippen molar-refractivity contribution in [2.24, 2.45) is 0 Å².